The van der Waals surface area contributed by atoms with Gasteiger partial charge < -0.3 is 33.2 Å². The lowest BCUT2D eigenvalue weighted by Gasteiger charge is -2.23. The predicted molar refractivity (Wildman–Crippen MR) is 107 cm³/mol. The Bertz CT molecular complexity index is 595. The van der Waals surface area contributed by atoms with Crippen LogP contribution in [0.5, 0.6) is 0 Å². The summed E-state index contributed by atoms with van der Waals surface area (Å²) >= 11 is 0. The molecule has 0 saturated heterocycles. The number of carbonyl (C=O) groups excluding carboxylic acids is 5. The van der Waals surface area contributed by atoms with Gasteiger partial charge in [0, 0.05) is 13.5 Å². The first-order valence-corrected chi connectivity index (χ1v) is 9.62. The SMILES string of the molecule is CC(=O)NCCCC[C@H](N)C(=O)N[C@@H](CC(N)=O)C(=O)N[C@H](CC(C)C)C(N)=O. The molecule has 166 valence electrons. The van der Waals surface area contributed by atoms with Crippen LogP contribution >= 0.6 is 0 Å². The van der Waals surface area contributed by atoms with Crippen molar-refractivity contribution in [2.45, 2.75) is 71.0 Å². The first-order valence-electron chi connectivity index (χ1n) is 9.62. The van der Waals surface area contributed by atoms with Gasteiger partial charge >= 0.3 is 0 Å². The summed E-state index contributed by atoms with van der Waals surface area (Å²) in [5.74, 6) is -2.92. The predicted octanol–water partition coefficient (Wildman–Crippen LogP) is -2.00. The first kappa shape index (κ1) is 26.3. The van der Waals surface area contributed by atoms with Crippen LogP contribution in [0, 0.1) is 5.92 Å². The van der Waals surface area contributed by atoms with Crippen LogP contribution in [-0.2, 0) is 24.0 Å². The smallest absolute Gasteiger partial charge is 0.243 e. The molecule has 0 unspecified atom stereocenters. The Morgan fingerprint density at radius 3 is 1.97 bits per heavy atom. The molecule has 11 heteroatoms. The van der Waals surface area contributed by atoms with E-state index in [0.717, 1.165) is 0 Å². The second kappa shape index (κ2) is 13.5. The number of hydrogen-bond acceptors (Lipinski definition) is 6. The lowest BCUT2D eigenvalue weighted by atomic mass is 10.0. The molecule has 9 N–H and O–H groups in total. The largest absolute Gasteiger partial charge is 0.370 e. The fourth-order valence-electron chi connectivity index (χ4n) is 2.56. The molecular weight excluding hydrogens is 380 g/mol. The van der Waals surface area contributed by atoms with E-state index in [-0.39, 0.29) is 11.8 Å². The summed E-state index contributed by atoms with van der Waals surface area (Å²) in [4.78, 5) is 58.4. The van der Waals surface area contributed by atoms with Crippen molar-refractivity contribution in [3.63, 3.8) is 0 Å². The van der Waals surface area contributed by atoms with E-state index in [1.807, 2.05) is 13.8 Å². The number of unbranched alkanes of at least 4 members (excludes halogenated alkanes) is 1. The molecule has 0 aliphatic rings. The zero-order chi connectivity index (χ0) is 22.6. The number of nitrogens with two attached hydrogens (primary N) is 3. The molecule has 0 rings (SSSR count). The van der Waals surface area contributed by atoms with Crippen LogP contribution in [-0.4, -0.2) is 54.2 Å². The van der Waals surface area contributed by atoms with Gasteiger partial charge in [0.1, 0.15) is 12.1 Å². The highest BCUT2D eigenvalue weighted by atomic mass is 16.2. The number of primary amides is 2. The van der Waals surface area contributed by atoms with Crippen molar-refractivity contribution in [2.75, 3.05) is 6.54 Å². The van der Waals surface area contributed by atoms with Crippen molar-refractivity contribution in [1.82, 2.24) is 16.0 Å². The molecular formula is C18H34N6O5. The van der Waals surface area contributed by atoms with Crippen molar-refractivity contribution < 1.29 is 24.0 Å². The third-order valence-corrected chi connectivity index (χ3v) is 4.06. The number of hydrogen-bond donors (Lipinski definition) is 6. The van der Waals surface area contributed by atoms with Gasteiger partial charge in [0.05, 0.1) is 12.5 Å². The topological polar surface area (TPSA) is 200 Å². The summed E-state index contributed by atoms with van der Waals surface area (Å²) in [7, 11) is 0. The van der Waals surface area contributed by atoms with Gasteiger partial charge in [-0.3, -0.25) is 24.0 Å². The van der Waals surface area contributed by atoms with Gasteiger partial charge in [0.2, 0.25) is 29.5 Å². The van der Waals surface area contributed by atoms with Crippen LogP contribution in [0.2, 0.25) is 0 Å². The number of carbonyl (C=O) groups is 5. The monoisotopic (exact) mass is 414 g/mol. The Kier molecular flexibility index (Phi) is 12.2. The van der Waals surface area contributed by atoms with E-state index in [0.29, 0.717) is 32.2 Å². The van der Waals surface area contributed by atoms with Crippen molar-refractivity contribution >= 4 is 29.5 Å². The summed E-state index contributed by atoms with van der Waals surface area (Å²) < 4.78 is 0. The van der Waals surface area contributed by atoms with Crippen LogP contribution in [0.25, 0.3) is 0 Å². The average molecular weight is 415 g/mol. The molecule has 0 fully saturated rings. The Morgan fingerprint density at radius 1 is 0.897 bits per heavy atom. The summed E-state index contributed by atoms with van der Waals surface area (Å²) in [6.45, 7) is 5.60. The Labute approximate surface area is 170 Å². The lowest BCUT2D eigenvalue weighted by molar-refractivity contribution is -0.133. The minimum absolute atomic E-state index is 0.0860. The van der Waals surface area contributed by atoms with E-state index in [1.165, 1.54) is 6.92 Å². The maximum atomic E-state index is 12.5. The molecule has 11 nitrogen and oxygen atoms in total. The second-order valence-electron chi connectivity index (χ2n) is 7.41. The average Bonchev–Trinajstić information content (AvgIpc) is 2.58. The number of rotatable bonds is 14. The van der Waals surface area contributed by atoms with Gasteiger partial charge in [-0.15, -0.1) is 0 Å². The van der Waals surface area contributed by atoms with E-state index in [4.69, 9.17) is 17.2 Å². The molecule has 0 aromatic heterocycles. The summed E-state index contributed by atoms with van der Waals surface area (Å²) in [6, 6.07) is -3.10. The molecule has 0 spiro atoms. The fourth-order valence-corrected chi connectivity index (χ4v) is 2.56. The summed E-state index contributed by atoms with van der Waals surface area (Å²) in [5, 5.41) is 7.49. The van der Waals surface area contributed by atoms with Crippen LogP contribution < -0.4 is 33.2 Å². The molecule has 0 heterocycles. The van der Waals surface area contributed by atoms with Crippen LogP contribution in [0.1, 0.15) is 52.9 Å². The number of amides is 5. The van der Waals surface area contributed by atoms with Gasteiger partial charge in [-0.1, -0.05) is 13.8 Å². The molecule has 5 amide bonds. The molecule has 0 bridgehead atoms. The minimum atomic E-state index is -1.26. The van der Waals surface area contributed by atoms with E-state index in [2.05, 4.69) is 16.0 Å². The molecule has 29 heavy (non-hydrogen) atoms. The molecule has 0 saturated carbocycles. The fraction of sp³-hybridized carbons (Fsp3) is 0.722. The minimum Gasteiger partial charge on any atom is -0.370 e. The number of nitrogens with one attached hydrogen (secondary N) is 3. The van der Waals surface area contributed by atoms with Crippen LogP contribution in [0.3, 0.4) is 0 Å². The normalized spacial score (nSPS) is 13.8. The maximum Gasteiger partial charge on any atom is 0.243 e. The Morgan fingerprint density at radius 2 is 1.48 bits per heavy atom. The van der Waals surface area contributed by atoms with Gasteiger partial charge in [-0.05, 0) is 31.6 Å². The zero-order valence-electron chi connectivity index (χ0n) is 17.3. The third-order valence-electron chi connectivity index (χ3n) is 4.06. The molecule has 0 aliphatic heterocycles. The third kappa shape index (κ3) is 12.4. The Balaban J connectivity index is 4.80. The lowest BCUT2D eigenvalue weighted by Crippen LogP contribution is -2.56. The molecule has 0 aliphatic carbocycles. The standard InChI is InChI=1S/C18H34N6O5/c1-10(2)8-13(16(21)27)23-18(29)14(9-15(20)26)24-17(28)12(19)6-4-5-7-22-11(3)25/h10,12-14H,4-9,19H2,1-3H3,(H2,20,26)(H2,21,27)(H,22,25)(H,23,29)(H,24,28)/t12-,13+,14-/m0/s1. The van der Waals surface area contributed by atoms with Crippen molar-refractivity contribution in [3.05, 3.63) is 0 Å². The highest BCUT2D eigenvalue weighted by Gasteiger charge is 2.28. The first-order chi connectivity index (χ1) is 13.4. The Hall–Kier alpha value is -2.69. The summed E-state index contributed by atoms with van der Waals surface area (Å²) in [6.07, 6.45) is 1.42. The van der Waals surface area contributed by atoms with E-state index in [9.17, 15) is 24.0 Å². The van der Waals surface area contributed by atoms with E-state index in [1.54, 1.807) is 0 Å². The highest BCUT2D eigenvalue weighted by Crippen LogP contribution is 2.06. The van der Waals surface area contributed by atoms with Crippen molar-refractivity contribution in [2.24, 2.45) is 23.1 Å². The highest BCUT2D eigenvalue weighted by molar-refractivity contribution is 5.95. The van der Waals surface area contributed by atoms with Crippen molar-refractivity contribution in [3.8, 4) is 0 Å². The molecule has 0 aromatic carbocycles. The van der Waals surface area contributed by atoms with Crippen LogP contribution in [0.4, 0.5) is 0 Å². The van der Waals surface area contributed by atoms with Gasteiger partial charge in [-0.25, -0.2) is 0 Å². The molecule has 0 aromatic rings. The van der Waals surface area contributed by atoms with Gasteiger partial charge in [-0.2, -0.15) is 0 Å². The van der Waals surface area contributed by atoms with Gasteiger partial charge in [0.15, 0.2) is 0 Å². The molecule has 0 radical (unpaired) electrons. The van der Waals surface area contributed by atoms with E-state index >= 15 is 0 Å². The van der Waals surface area contributed by atoms with Gasteiger partial charge in [0.25, 0.3) is 0 Å². The van der Waals surface area contributed by atoms with Crippen molar-refractivity contribution in [1.29, 1.82) is 0 Å². The van der Waals surface area contributed by atoms with Crippen LogP contribution in [0.15, 0.2) is 0 Å². The summed E-state index contributed by atoms with van der Waals surface area (Å²) in [5.41, 5.74) is 16.3. The quantitative estimate of drug-likeness (QED) is 0.177. The maximum absolute atomic E-state index is 12.5. The van der Waals surface area contributed by atoms with E-state index < -0.39 is 48.2 Å². The zero-order valence-corrected chi connectivity index (χ0v) is 17.3. The molecule has 3 atom stereocenters. The second-order valence-corrected chi connectivity index (χ2v) is 7.41.